The fourth-order valence-electron chi connectivity index (χ4n) is 4.51. The smallest absolute Gasteiger partial charge is 0.407 e. The highest BCUT2D eigenvalue weighted by Crippen LogP contribution is 2.44. The summed E-state index contributed by atoms with van der Waals surface area (Å²) >= 11 is 1.32. The van der Waals surface area contributed by atoms with Crippen LogP contribution < -0.4 is 10.6 Å². The molecule has 35 heavy (non-hydrogen) atoms. The van der Waals surface area contributed by atoms with Gasteiger partial charge in [0, 0.05) is 11.3 Å². The summed E-state index contributed by atoms with van der Waals surface area (Å²) in [6.45, 7) is 0.414. The summed E-state index contributed by atoms with van der Waals surface area (Å²) < 4.78 is 5.53. The number of alkyl carbamates (subject to hydrolysis) is 1. The average Bonchev–Trinajstić information content (AvgIpc) is 3.52. The highest BCUT2D eigenvalue weighted by molar-refractivity contribution is 7.09. The molecule has 8 nitrogen and oxygen atoms in total. The lowest BCUT2D eigenvalue weighted by Gasteiger charge is -2.14. The zero-order valence-electron chi connectivity index (χ0n) is 18.9. The molecule has 0 radical (unpaired) electrons. The average molecular weight is 492 g/mol. The van der Waals surface area contributed by atoms with Gasteiger partial charge in [-0.3, -0.25) is 4.79 Å². The van der Waals surface area contributed by atoms with E-state index in [0.29, 0.717) is 10.7 Å². The molecule has 3 aromatic rings. The molecule has 9 heteroatoms. The Balaban J connectivity index is 1.11. The number of fused-ring (bicyclic) bond motifs is 3. The Bertz CT molecular complexity index is 1220. The molecule has 1 saturated carbocycles. The Morgan fingerprint density at radius 3 is 2.34 bits per heavy atom. The second kappa shape index (κ2) is 9.87. The van der Waals surface area contributed by atoms with Crippen LogP contribution in [-0.2, 0) is 27.3 Å². The topological polar surface area (TPSA) is 118 Å². The van der Waals surface area contributed by atoms with E-state index < -0.39 is 18.1 Å². The molecule has 1 fully saturated rings. The molecule has 0 saturated heterocycles. The van der Waals surface area contributed by atoms with Crippen molar-refractivity contribution >= 4 is 29.3 Å². The normalized spacial score (nSPS) is 15.1. The molecule has 1 aromatic heterocycles. The van der Waals surface area contributed by atoms with Gasteiger partial charge in [-0.1, -0.05) is 48.5 Å². The first-order chi connectivity index (χ1) is 17.0. The standard InChI is InChI=1S/C26H25N3O5S/c30-22(29-24(25(31)32)15-9-10-15)11-16-14-35-23(28-16)12-27-26(33)34-13-21-19-7-3-1-5-17(19)18-6-2-4-8-20(18)21/h1-8,14-15,21,24H,9-13H2,(H,27,33)(H,29,30)(H,31,32). The van der Waals surface area contributed by atoms with Gasteiger partial charge in [-0.2, -0.15) is 0 Å². The maximum Gasteiger partial charge on any atom is 0.407 e. The number of rotatable bonds is 9. The molecule has 3 N–H and O–H groups in total. The van der Waals surface area contributed by atoms with Crippen molar-refractivity contribution in [3.05, 3.63) is 75.7 Å². The van der Waals surface area contributed by atoms with Gasteiger partial charge < -0.3 is 20.5 Å². The molecule has 5 rings (SSSR count). The lowest BCUT2D eigenvalue weighted by atomic mass is 9.98. The summed E-state index contributed by atoms with van der Waals surface area (Å²) in [5.41, 5.74) is 5.18. The van der Waals surface area contributed by atoms with Gasteiger partial charge in [-0.25, -0.2) is 14.6 Å². The fraction of sp³-hybridized carbons (Fsp3) is 0.308. The predicted octanol–water partition coefficient (Wildman–Crippen LogP) is 3.70. The Hall–Kier alpha value is -3.72. The van der Waals surface area contributed by atoms with E-state index in [1.54, 1.807) is 5.38 Å². The number of carboxylic acids is 1. The number of amides is 2. The molecule has 2 aliphatic rings. The minimum Gasteiger partial charge on any atom is -0.480 e. The summed E-state index contributed by atoms with van der Waals surface area (Å²) in [7, 11) is 0. The number of nitrogens with zero attached hydrogens (tertiary/aromatic N) is 1. The van der Waals surface area contributed by atoms with Crippen LogP contribution in [0.5, 0.6) is 0 Å². The van der Waals surface area contributed by atoms with Gasteiger partial charge >= 0.3 is 12.1 Å². The number of thiazole rings is 1. The molecule has 0 spiro atoms. The first-order valence-corrected chi connectivity index (χ1v) is 12.4. The van der Waals surface area contributed by atoms with Crippen LogP contribution in [0.2, 0.25) is 0 Å². The summed E-state index contributed by atoms with van der Waals surface area (Å²) in [6.07, 6.45) is 1.10. The maximum atomic E-state index is 12.4. The lowest BCUT2D eigenvalue weighted by molar-refractivity contribution is -0.142. The van der Waals surface area contributed by atoms with Gasteiger partial charge in [0.25, 0.3) is 0 Å². The Labute approximate surface area is 206 Å². The number of carboxylic acid groups (broad SMARTS) is 1. The van der Waals surface area contributed by atoms with E-state index >= 15 is 0 Å². The Kier molecular flexibility index (Phi) is 6.50. The van der Waals surface area contributed by atoms with Crippen molar-refractivity contribution in [3.8, 4) is 11.1 Å². The number of aliphatic carboxylic acids is 1. The minimum atomic E-state index is -1.01. The molecular weight excluding hydrogens is 466 g/mol. The van der Waals surface area contributed by atoms with Crippen molar-refractivity contribution in [1.82, 2.24) is 15.6 Å². The lowest BCUT2D eigenvalue weighted by Crippen LogP contribution is -2.43. The summed E-state index contributed by atoms with van der Waals surface area (Å²) in [5.74, 6) is -1.37. The number of hydrogen-bond acceptors (Lipinski definition) is 6. The molecule has 2 aromatic carbocycles. The van der Waals surface area contributed by atoms with Crippen molar-refractivity contribution in [1.29, 1.82) is 0 Å². The van der Waals surface area contributed by atoms with Gasteiger partial charge in [0.1, 0.15) is 17.7 Å². The van der Waals surface area contributed by atoms with Gasteiger partial charge in [0.05, 0.1) is 18.7 Å². The molecule has 1 atom stereocenters. The summed E-state index contributed by atoms with van der Waals surface area (Å²) in [5, 5.41) is 16.9. The van der Waals surface area contributed by atoms with Crippen molar-refractivity contribution < 1.29 is 24.2 Å². The maximum absolute atomic E-state index is 12.4. The van der Waals surface area contributed by atoms with E-state index in [9.17, 15) is 19.5 Å². The predicted molar refractivity (Wildman–Crippen MR) is 130 cm³/mol. The highest BCUT2D eigenvalue weighted by Gasteiger charge is 2.37. The molecule has 180 valence electrons. The first-order valence-electron chi connectivity index (χ1n) is 11.5. The third-order valence-electron chi connectivity index (χ3n) is 6.34. The molecule has 0 bridgehead atoms. The van der Waals surface area contributed by atoms with Gasteiger partial charge in [0.2, 0.25) is 5.91 Å². The minimum absolute atomic E-state index is 0.00204. The van der Waals surface area contributed by atoms with Crippen LogP contribution in [0.1, 0.15) is 40.6 Å². The van der Waals surface area contributed by atoms with Crippen molar-refractivity contribution in [2.75, 3.05) is 6.61 Å². The monoisotopic (exact) mass is 491 g/mol. The number of benzene rings is 2. The van der Waals surface area contributed by atoms with E-state index in [1.807, 2.05) is 24.3 Å². The molecule has 2 amide bonds. The Morgan fingerprint density at radius 1 is 1.06 bits per heavy atom. The second-order valence-corrected chi connectivity index (χ2v) is 9.75. The zero-order chi connectivity index (χ0) is 24.4. The largest absolute Gasteiger partial charge is 0.480 e. The summed E-state index contributed by atoms with van der Waals surface area (Å²) in [4.78, 5) is 40.3. The third-order valence-corrected chi connectivity index (χ3v) is 7.24. The van der Waals surface area contributed by atoms with Crippen molar-refractivity contribution in [2.45, 2.75) is 37.8 Å². The number of carbonyl (C=O) groups excluding carboxylic acids is 2. The Morgan fingerprint density at radius 2 is 1.71 bits per heavy atom. The van der Waals surface area contributed by atoms with E-state index in [2.05, 4.69) is 39.9 Å². The van der Waals surface area contributed by atoms with Crippen LogP contribution in [0, 0.1) is 5.92 Å². The summed E-state index contributed by atoms with van der Waals surface area (Å²) in [6, 6.07) is 15.5. The molecule has 2 aliphatic carbocycles. The molecular formula is C26H25N3O5S. The van der Waals surface area contributed by atoms with Crippen molar-refractivity contribution in [2.24, 2.45) is 5.92 Å². The molecule has 0 aliphatic heterocycles. The SMILES string of the molecule is O=C(Cc1csc(CNC(=O)OCC2c3ccccc3-c3ccccc32)n1)NC(C(=O)O)C1CC1. The van der Waals surface area contributed by atoms with Crippen molar-refractivity contribution in [3.63, 3.8) is 0 Å². The van der Waals surface area contributed by atoms with E-state index in [4.69, 9.17) is 4.74 Å². The second-order valence-electron chi connectivity index (χ2n) is 8.81. The highest BCUT2D eigenvalue weighted by atomic mass is 32.1. The van der Waals surface area contributed by atoms with Crippen LogP contribution in [0.4, 0.5) is 4.79 Å². The van der Waals surface area contributed by atoms with Gasteiger partial charge in [0.15, 0.2) is 0 Å². The number of hydrogen-bond donors (Lipinski definition) is 3. The number of nitrogens with one attached hydrogen (secondary N) is 2. The quantitative estimate of drug-likeness (QED) is 0.420. The number of ether oxygens (including phenoxy) is 1. The molecule has 1 unspecified atom stereocenters. The van der Waals surface area contributed by atoms with Crippen LogP contribution in [-0.4, -0.2) is 40.7 Å². The van der Waals surface area contributed by atoms with Crippen LogP contribution >= 0.6 is 11.3 Å². The van der Waals surface area contributed by atoms with Crippen LogP contribution in [0.3, 0.4) is 0 Å². The van der Waals surface area contributed by atoms with Gasteiger partial charge in [-0.05, 0) is 41.0 Å². The van der Waals surface area contributed by atoms with Crippen LogP contribution in [0.15, 0.2) is 53.9 Å². The van der Waals surface area contributed by atoms with Crippen LogP contribution in [0.25, 0.3) is 11.1 Å². The number of carbonyl (C=O) groups is 3. The first kappa shape index (κ1) is 23.0. The zero-order valence-corrected chi connectivity index (χ0v) is 19.7. The van der Waals surface area contributed by atoms with E-state index in [0.717, 1.165) is 24.0 Å². The van der Waals surface area contributed by atoms with Gasteiger partial charge in [-0.15, -0.1) is 11.3 Å². The fourth-order valence-corrected chi connectivity index (χ4v) is 5.24. The number of aromatic nitrogens is 1. The third kappa shape index (κ3) is 5.19. The molecule has 1 heterocycles. The van der Waals surface area contributed by atoms with E-state index in [-0.39, 0.29) is 37.3 Å². The van der Waals surface area contributed by atoms with E-state index in [1.165, 1.54) is 22.5 Å².